The van der Waals surface area contributed by atoms with Crippen molar-refractivity contribution in [1.82, 2.24) is 20.0 Å². The normalized spacial score (nSPS) is 10.4. The Bertz CT molecular complexity index is 610. The van der Waals surface area contributed by atoms with Crippen LogP contribution in [0.25, 0.3) is 11.4 Å². The Labute approximate surface area is 111 Å². The number of nitrogens with one attached hydrogen (secondary N) is 1. The van der Waals surface area contributed by atoms with Gasteiger partial charge in [-0.3, -0.25) is 10.3 Å². The molecule has 2 N–H and O–H groups in total. The Balaban J connectivity index is 2.50. The standard InChI is InChI=1S/C10H10BrN5O2/c1-5-6(11)3-4-7(12-5)8-9(13-10(17)18)16(2)15-14-8/h3-4,13H,1-2H3,(H,17,18). The van der Waals surface area contributed by atoms with Crippen molar-refractivity contribution in [2.24, 2.45) is 7.05 Å². The van der Waals surface area contributed by atoms with Crippen LogP contribution in [0.4, 0.5) is 10.6 Å². The minimum atomic E-state index is -1.17. The van der Waals surface area contributed by atoms with Crippen LogP contribution in [0.2, 0.25) is 0 Å². The third-order valence-electron chi connectivity index (χ3n) is 2.32. The van der Waals surface area contributed by atoms with Gasteiger partial charge in [0.15, 0.2) is 11.5 Å². The molecule has 2 rings (SSSR count). The van der Waals surface area contributed by atoms with Crippen LogP contribution >= 0.6 is 15.9 Å². The van der Waals surface area contributed by atoms with Crippen molar-refractivity contribution in [2.45, 2.75) is 6.92 Å². The Hall–Kier alpha value is -1.96. The first-order valence-corrected chi connectivity index (χ1v) is 5.81. The zero-order chi connectivity index (χ0) is 13.3. The van der Waals surface area contributed by atoms with E-state index in [2.05, 4.69) is 36.5 Å². The summed E-state index contributed by atoms with van der Waals surface area (Å²) in [6, 6.07) is 3.57. The number of rotatable bonds is 2. The van der Waals surface area contributed by atoms with Gasteiger partial charge in [-0.25, -0.2) is 9.48 Å². The molecule has 0 unspecified atom stereocenters. The molecule has 7 nitrogen and oxygen atoms in total. The lowest BCUT2D eigenvalue weighted by atomic mass is 10.2. The smallest absolute Gasteiger partial charge is 0.410 e. The van der Waals surface area contributed by atoms with Crippen molar-refractivity contribution < 1.29 is 9.90 Å². The summed E-state index contributed by atoms with van der Waals surface area (Å²) in [4.78, 5) is 15.0. The van der Waals surface area contributed by atoms with Crippen molar-refractivity contribution in [2.75, 3.05) is 5.32 Å². The molecule has 8 heteroatoms. The highest BCUT2D eigenvalue weighted by Crippen LogP contribution is 2.25. The third kappa shape index (κ3) is 2.33. The molecule has 94 valence electrons. The first-order chi connectivity index (χ1) is 8.49. The lowest BCUT2D eigenvalue weighted by Gasteiger charge is -2.04. The van der Waals surface area contributed by atoms with Crippen LogP contribution in [-0.2, 0) is 7.05 Å². The van der Waals surface area contributed by atoms with E-state index in [-0.39, 0.29) is 5.82 Å². The first-order valence-electron chi connectivity index (χ1n) is 5.02. The highest BCUT2D eigenvalue weighted by atomic mass is 79.9. The van der Waals surface area contributed by atoms with E-state index in [1.165, 1.54) is 4.68 Å². The van der Waals surface area contributed by atoms with Gasteiger partial charge < -0.3 is 5.11 Å². The molecule has 0 fully saturated rings. The first kappa shape index (κ1) is 12.5. The van der Waals surface area contributed by atoms with Crippen LogP contribution in [0.3, 0.4) is 0 Å². The fourth-order valence-electron chi connectivity index (χ4n) is 1.45. The molecule has 0 radical (unpaired) electrons. The fraction of sp³-hybridized carbons (Fsp3) is 0.200. The Morgan fingerprint density at radius 3 is 2.83 bits per heavy atom. The highest BCUT2D eigenvalue weighted by molar-refractivity contribution is 9.10. The zero-order valence-electron chi connectivity index (χ0n) is 9.68. The molecule has 2 heterocycles. The van der Waals surface area contributed by atoms with Crippen molar-refractivity contribution in [1.29, 1.82) is 0 Å². The molecule has 0 atom stereocenters. The van der Waals surface area contributed by atoms with Gasteiger partial charge in [0.2, 0.25) is 0 Å². The van der Waals surface area contributed by atoms with Crippen molar-refractivity contribution >= 4 is 27.8 Å². The number of pyridine rings is 1. The quantitative estimate of drug-likeness (QED) is 0.885. The zero-order valence-corrected chi connectivity index (χ0v) is 11.3. The van der Waals surface area contributed by atoms with Gasteiger partial charge in [-0.05, 0) is 35.0 Å². The monoisotopic (exact) mass is 311 g/mol. The van der Waals surface area contributed by atoms with E-state index in [1.54, 1.807) is 13.1 Å². The number of carbonyl (C=O) groups is 1. The average molecular weight is 312 g/mol. The lowest BCUT2D eigenvalue weighted by Crippen LogP contribution is -2.12. The maximum absolute atomic E-state index is 10.7. The molecule has 0 aliphatic rings. The van der Waals surface area contributed by atoms with Gasteiger partial charge in [-0.2, -0.15) is 0 Å². The van der Waals surface area contributed by atoms with E-state index >= 15 is 0 Å². The lowest BCUT2D eigenvalue weighted by molar-refractivity contribution is 0.209. The highest BCUT2D eigenvalue weighted by Gasteiger charge is 2.16. The Morgan fingerprint density at radius 1 is 1.50 bits per heavy atom. The third-order valence-corrected chi connectivity index (χ3v) is 3.15. The maximum atomic E-state index is 10.7. The van der Waals surface area contributed by atoms with Crippen LogP contribution < -0.4 is 5.32 Å². The van der Waals surface area contributed by atoms with Gasteiger partial charge in [-0.15, -0.1) is 5.10 Å². The number of hydrogen-bond acceptors (Lipinski definition) is 4. The summed E-state index contributed by atoms with van der Waals surface area (Å²) in [5.74, 6) is 0.289. The minimum Gasteiger partial charge on any atom is -0.465 e. The summed E-state index contributed by atoms with van der Waals surface area (Å²) in [7, 11) is 1.60. The molecular formula is C10H10BrN5O2. The second-order valence-electron chi connectivity index (χ2n) is 3.60. The van der Waals surface area contributed by atoms with Crippen LogP contribution in [0, 0.1) is 6.92 Å². The molecule has 0 saturated heterocycles. The molecule has 0 bridgehead atoms. The van der Waals surface area contributed by atoms with Crippen LogP contribution in [0.5, 0.6) is 0 Å². The molecule has 0 aromatic carbocycles. The number of carboxylic acid groups (broad SMARTS) is 1. The predicted molar refractivity (Wildman–Crippen MR) is 68.3 cm³/mol. The molecule has 2 aromatic heterocycles. The molecule has 0 aliphatic heterocycles. The summed E-state index contributed by atoms with van der Waals surface area (Å²) < 4.78 is 2.23. The van der Waals surface area contributed by atoms with Crippen LogP contribution in [0.15, 0.2) is 16.6 Å². The fourth-order valence-corrected chi connectivity index (χ4v) is 1.67. The van der Waals surface area contributed by atoms with Crippen LogP contribution in [0.1, 0.15) is 5.69 Å². The molecule has 2 aromatic rings. The molecule has 0 aliphatic carbocycles. The van der Waals surface area contributed by atoms with E-state index in [0.29, 0.717) is 11.4 Å². The summed E-state index contributed by atoms with van der Waals surface area (Å²) >= 11 is 3.35. The number of hydrogen-bond donors (Lipinski definition) is 2. The van der Waals surface area contributed by atoms with Gasteiger partial charge in [0.1, 0.15) is 0 Å². The van der Waals surface area contributed by atoms with Crippen molar-refractivity contribution in [3.63, 3.8) is 0 Å². The summed E-state index contributed by atoms with van der Waals surface area (Å²) in [6.07, 6.45) is -1.17. The van der Waals surface area contributed by atoms with E-state index in [9.17, 15) is 4.79 Å². The number of aryl methyl sites for hydroxylation is 2. The Kier molecular flexibility index (Phi) is 3.28. The summed E-state index contributed by atoms with van der Waals surface area (Å²) in [5, 5.41) is 18.7. The second-order valence-corrected chi connectivity index (χ2v) is 4.46. The number of amides is 1. The molecule has 1 amide bonds. The maximum Gasteiger partial charge on any atom is 0.410 e. The molecule has 0 saturated carbocycles. The van der Waals surface area contributed by atoms with Crippen LogP contribution in [-0.4, -0.2) is 31.2 Å². The minimum absolute atomic E-state index is 0.289. The van der Waals surface area contributed by atoms with Gasteiger partial charge >= 0.3 is 6.09 Å². The largest absolute Gasteiger partial charge is 0.465 e. The second kappa shape index (κ2) is 4.73. The molecule has 0 spiro atoms. The van der Waals surface area contributed by atoms with Crippen molar-refractivity contribution in [3.05, 3.63) is 22.3 Å². The number of nitrogens with zero attached hydrogens (tertiary/aromatic N) is 4. The SMILES string of the molecule is Cc1nc(-c2nnn(C)c2NC(=O)O)ccc1Br. The average Bonchev–Trinajstić information content (AvgIpc) is 2.64. The topological polar surface area (TPSA) is 92.9 Å². The van der Waals surface area contributed by atoms with Gasteiger partial charge in [-0.1, -0.05) is 5.21 Å². The van der Waals surface area contributed by atoms with E-state index in [0.717, 1.165) is 10.2 Å². The van der Waals surface area contributed by atoms with Gasteiger partial charge in [0.05, 0.1) is 11.4 Å². The van der Waals surface area contributed by atoms with Gasteiger partial charge in [0, 0.05) is 11.5 Å². The van der Waals surface area contributed by atoms with E-state index in [4.69, 9.17) is 5.11 Å². The number of anilines is 1. The predicted octanol–water partition coefficient (Wildman–Crippen LogP) is 2.04. The number of halogens is 1. The molecular weight excluding hydrogens is 302 g/mol. The summed E-state index contributed by atoms with van der Waals surface area (Å²) in [5.41, 5.74) is 1.75. The summed E-state index contributed by atoms with van der Waals surface area (Å²) in [6.45, 7) is 1.84. The van der Waals surface area contributed by atoms with Crippen molar-refractivity contribution in [3.8, 4) is 11.4 Å². The van der Waals surface area contributed by atoms with Gasteiger partial charge in [0.25, 0.3) is 0 Å². The van der Waals surface area contributed by atoms with E-state index in [1.807, 2.05) is 13.0 Å². The number of aromatic nitrogens is 4. The Morgan fingerprint density at radius 2 is 2.22 bits per heavy atom. The molecule has 18 heavy (non-hydrogen) atoms. The van der Waals surface area contributed by atoms with E-state index < -0.39 is 6.09 Å².